The Morgan fingerprint density at radius 3 is 1.31 bits per heavy atom. The molecule has 59 heavy (non-hydrogen) atoms. The molecule has 1 aliphatic carbocycles. The van der Waals surface area contributed by atoms with Crippen LogP contribution in [-0.4, -0.2) is 0 Å². The fourth-order valence-electron chi connectivity index (χ4n) is 10.8. The van der Waals surface area contributed by atoms with Gasteiger partial charge >= 0.3 is 0 Å². The average molecular weight is 747 g/mol. The second kappa shape index (κ2) is 11.9. The first-order chi connectivity index (χ1) is 29.0. The standard InChI is InChI=1S/C59H38/c1-59(2)53-15-4-3-14-49(53)50-27-24-42(34-54(50)59)45-31-44(32-46(33-45)48-26-21-40-19-17-36-9-6-11-38-23-29-52(48)58(40)56(36)38)41-12-7-13-43(30-41)47-25-20-39-18-16-35-8-5-10-37-22-28-51(47)57(39)55(35)37/h3-34H,1-2H3. The number of fused-ring (bicyclic) bond motifs is 3. The topological polar surface area (TPSA) is 0 Å². The Kier molecular flexibility index (Phi) is 6.60. The molecule has 274 valence electrons. The largest absolute Gasteiger partial charge is 0.0619 e. The van der Waals surface area contributed by atoms with Crippen LogP contribution in [-0.2, 0) is 5.41 Å². The number of hydrogen-bond donors (Lipinski definition) is 0. The van der Waals surface area contributed by atoms with Gasteiger partial charge in [0.1, 0.15) is 0 Å². The molecular weight excluding hydrogens is 709 g/mol. The lowest BCUT2D eigenvalue weighted by Gasteiger charge is -2.22. The maximum absolute atomic E-state index is 2.46. The smallest absolute Gasteiger partial charge is 0.0159 e. The predicted octanol–water partition coefficient (Wildman–Crippen LogP) is 16.5. The summed E-state index contributed by atoms with van der Waals surface area (Å²) in [5.74, 6) is 0. The molecule has 0 aliphatic heterocycles. The van der Waals surface area contributed by atoms with Gasteiger partial charge in [-0.25, -0.2) is 0 Å². The summed E-state index contributed by atoms with van der Waals surface area (Å²) in [5.41, 5.74) is 15.3. The molecule has 0 unspecified atom stereocenters. The van der Waals surface area contributed by atoms with Crippen LogP contribution in [0.2, 0.25) is 0 Å². The Hall–Kier alpha value is -7.28. The zero-order valence-electron chi connectivity index (χ0n) is 33.0. The van der Waals surface area contributed by atoms with Crippen molar-refractivity contribution in [1.29, 1.82) is 0 Å². The van der Waals surface area contributed by atoms with Gasteiger partial charge in [0.2, 0.25) is 0 Å². The molecule has 0 radical (unpaired) electrons. The number of hydrogen-bond acceptors (Lipinski definition) is 0. The zero-order valence-corrected chi connectivity index (χ0v) is 33.0. The highest BCUT2D eigenvalue weighted by atomic mass is 14.4. The van der Waals surface area contributed by atoms with Gasteiger partial charge in [-0.05, 0) is 162 Å². The van der Waals surface area contributed by atoms with Gasteiger partial charge in [0.15, 0.2) is 0 Å². The minimum absolute atomic E-state index is 0.0799. The van der Waals surface area contributed by atoms with E-state index >= 15 is 0 Å². The van der Waals surface area contributed by atoms with E-state index in [0.717, 1.165) is 0 Å². The summed E-state index contributed by atoms with van der Waals surface area (Å²) in [4.78, 5) is 0. The van der Waals surface area contributed by atoms with Crippen LogP contribution in [0.25, 0.3) is 120 Å². The molecule has 0 nitrogen and oxygen atoms in total. The van der Waals surface area contributed by atoms with E-state index in [9.17, 15) is 0 Å². The first kappa shape index (κ1) is 32.8. The van der Waals surface area contributed by atoms with Crippen molar-refractivity contribution in [3.8, 4) is 55.6 Å². The van der Waals surface area contributed by atoms with E-state index in [4.69, 9.17) is 0 Å². The Morgan fingerprint density at radius 1 is 0.254 bits per heavy atom. The average Bonchev–Trinajstić information content (AvgIpc) is 3.52. The summed E-state index contributed by atoms with van der Waals surface area (Å²) >= 11 is 0. The molecular formula is C59H38. The van der Waals surface area contributed by atoms with Gasteiger partial charge in [-0.1, -0.05) is 178 Å². The number of benzene rings is 12. The van der Waals surface area contributed by atoms with E-state index in [1.165, 1.54) is 131 Å². The van der Waals surface area contributed by atoms with E-state index in [-0.39, 0.29) is 5.41 Å². The Balaban J connectivity index is 1.03. The summed E-state index contributed by atoms with van der Waals surface area (Å²) < 4.78 is 0. The molecule has 0 heteroatoms. The van der Waals surface area contributed by atoms with Crippen molar-refractivity contribution in [2.45, 2.75) is 19.3 Å². The van der Waals surface area contributed by atoms with Crippen LogP contribution in [0.3, 0.4) is 0 Å². The molecule has 12 aromatic carbocycles. The van der Waals surface area contributed by atoms with Crippen molar-refractivity contribution in [1.82, 2.24) is 0 Å². The molecule has 1 aliphatic rings. The van der Waals surface area contributed by atoms with E-state index in [1.807, 2.05) is 0 Å². The lowest BCUT2D eigenvalue weighted by molar-refractivity contribution is 0.660. The van der Waals surface area contributed by atoms with Crippen LogP contribution in [0.5, 0.6) is 0 Å². The molecule has 0 amide bonds. The normalized spacial score (nSPS) is 13.4. The molecule has 13 rings (SSSR count). The first-order valence-corrected chi connectivity index (χ1v) is 20.8. The van der Waals surface area contributed by atoms with Crippen molar-refractivity contribution in [3.05, 3.63) is 205 Å². The second-order valence-electron chi connectivity index (χ2n) is 17.2. The van der Waals surface area contributed by atoms with E-state index < -0.39 is 0 Å². The van der Waals surface area contributed by atoms with Crippen molar-refractivity contribution >= 4 is 64.6 Å². The van der Waals surface area contributed by atoms with E-state index in [1.54, 1.807) is 0 Å². The van der Waals surface area contributed by atoms with Crippen LogP contribution in [0.4, 0.5) is 0 Å². The highest BCUT2D eigenvalue weighted by Gasteiger charge is 2.35. The maximum Gasteiger partial charge on any atom is 0.0159 e. The fourth-order valence-corrected chi connectivity index (χ4v) is 10.8. The van der Waals surface area contributed by atoms with Gasteiger partial charge in [-0.15, -0.1) is 0 Å². The highest BCUT2D eigenvalue weighted by molar-refractivity contribution is 6.26. The predicted molar refractivity (Wildman–Crippen MR) is 253 cm³/mol. The fraction of sp³-hybridized carbons (Fsp3) is 0.0508. The van der Waals surface area contributed by atoms with E-state index in [0.29, 0.717) is 0 Å². The molecule has 0 bridgehead atoms. The third-order valence-electron chi connectivity index (χ3n) is 13.7. The minimum Gasteiger partial charge on any atom is -0.0619 e. The molecule has 0 saturated heterocycles. The maximum atomic E-state index is 2.46. The van der Waals surface area contributed by atoms with Crippen molar-refractivity contribution in [3.63, 3.8) is 0 Å². The lowest BCUT2D eigenvalue weighted by atomic mass is 9.81. The van der Waals surface area contributed by atoms with Crippen LogP contribution < -0.4 is 0 Å². The van der Waals surface area contributed by atoms with Gasteiger partial charge in [-0.2, -0.15) is 0 Å². The third-order valence-corrected chi connectivity index (χ3v) is 13.7. The molecule has 0 atom stereocenters. The monoisotopic (exact) mass is 746 g/mol. The van der Waals surface area contributed by atoms with Gasteiger partial charge in [0.05, 0.1) is 0 Å². The number of rotatable bonds is 4. The van der Waals surface area contributed by atoms with Gasteiger partial charge in [-0.3, -0.25) is 0 Å². The second-order valence-corrected chi connectivity index (χ2v) is 17.2. The molecule has 12 aromatic rings. The lowest BCUT2D eigenvalue weighted by Crippen LogP contribution is -2.14. The van der Waals surface area contributed by atoms with Crippen molar-refractivity contribution < 1.29 is 0 Å². The summed E-state index contributed by atoms with van der Waals surface area (Å²) in [6.45, 7) is 4.75. The van der Waals surface area contributed by atoms with Crippen molar-refractivity contribution in [2.24, 2.45) is 0 Å². The van der Waals surface area contributed by atoms with Gasteiger partial charge < -0.3 is 0 Å². The molecule has 0 saturated carbocycles. The Labute approximate surface area is 343 Å². The zero-order chi connectivity index (χ0) is 39.0. The SMILES string of the molecule is CC1(C)c2ccccc2-c2ccc(-c3cc(-c4cccc(-c5ccc6ccc7cccc8ccc5c6c78)c4)cc(-c4ccc5ccc6cccc7ccc4c5c67)c3)cc21. The summed E-state index contributed by atoms with van der Waals surface area (Å²) in [5, 5.41) is 15.7. The Morgan fingerprint density at radius 2 is 0.678 bits per heavy atom. The first-order valence-electron chi connectivity index (χ1n) is 20.8. The van der Waals surface area contributed by atoms with E-state index in [2.05, 4.69) is 208 Å². The summed E-state index contributed by atoms with van der Waals surface area (Å²) in [6, 6.07) is 73.5. The summed E-state index contributed by atoms with van der Waals surface area (Å²) in [6.07, 6.45) is 0. The molecule has 0 fully saturated rings. The van der Waals surface area contributed by atoms with Gasteiger partial charge in [0.25, 0.3) is 0 Å². The van der Waals surface area contributed by atoms with Crippen LogP contribution >= 0.6 is 0 Å². The molecule has 0 aromatic heterocycles. The molecule has 0 spiro atoms. The quantitative estimate of drug-likeness (QED) is 0.157. The Bertz CT molecular complexity index is 3660. The van der Waals surface area contributed by atoms with Gasteiger partial charge in [0, 0.05) is 5.41 Å². The third kappa shape index (κ3) is 4.66. The summed E-state index contributed by atoms with van der Waals surface area (Å²) in [7, 11) is 0. The highest BCUT2D eigenvalue weighted by Crippen LogP contribution is 2.50. The van der Waals surface area contributed by atoms with Crippen LogP contribution in [0.15, 0.2) is 194 Å². The van der Waals surface area contributed by atoms with Crippen LogP contribution in [0, 0.1) is 0 Å². The van der Waals surface area contributed by atoms with Crippen LogP contribution in [0.1, 0.15) is 25.0 Å². The molecule has 0 N–H and O–H groups in total. The minimum atomic E-state index is -0.0799. The van der Waals surface area contributed by atoms with Crippen molar-refractivity contribution in [2.75, 3.05) is 0 Å². The molecule has 0 heterocycles.